The molecule has 0 unspecified atom stereocenters. The molecule has 0 fully saturated rings. The minimum Gasteiger partial charge on any atom is -0.465 e. The van der Waals surface area contributed by atoms with Crippen LogP contribution in [-0.4, -0.2) is 26.1 Å². The molecule has 0 saturated carbocycles. The third kappa shape index (κ3) is 4.58. The fourth-order valence-corrected chi connectivity index (χ4v) is 2.12. The summed E-state index contributed by atoms with van der Waals surface area (Å²) < 4.78 is 23.1. The SMILES string of the molecule is CN=C(NCc1ccc(F)cc1)NCc1cc(C(=O)OC)c(C)o1. The Bertz CT molecular complexity index is 723. The smallest absolute Gasteiger partial charge is 0.341 e. The first kappa shape index (κ1) is 17.5. The Morgan fingerprint density at radius 2 is 1.92 bits per heavy atom. The van der Waals surface area contributed by atoms with Gasteiger partial charge in [-0.25, -0.2) is 9.18 Å². The molecular weight excluding hydrogens is 313 g/mol. The van der Waals surface area contributed by atoms with Crippen molar-refractivity contribution >= 4 is 11.9 Å². The third-order valence-electron chi connectivity index (χ3n) is 3.40. The summed E-state index contributed by atoms with van der Waals surface area (Å²) in [5, 5.41) is 6.20. The number of guanidine groups is 1. The maximum atomic E-state index is 12.9. The van der Waals surface area contributed by atoms with E-state index in [2.05, 4.69) is 15.6 Å². The summed E-state index contributed by atoms with van der Waals surface area (Å²) >= 11 is 0. The Hall–Kier alpha value is -2.83. The number of rotatable bonds is 5. The van der Waals surface area contributed by atoms with Gasteiger partial charge in [0.2, 0.25) is 0 Å². The van der Waals surface area contributed by atoms with E-state index in [1.807, 2.05) is 0 Å². The van der Waals surface area contributed by atoms with Gasteiger partial charge in [-0.3, -0.25) is 4.99 Å². The molecule has 7 heteroatoms. The second-order valence-corrected chi connectivity index (χ2v) is 5.08. The predicted molar refractivity (Wildman–Crippen MR) is 88.2 cm³/mol. The number of aryl methyl sites for hydroxylation is 1. The Balaban J connectivity index is 1.89. The number of hydrogen-bond acceptors (Lipinski definition) is 4. The molecule has 1 aromatic heterocycles. The van der Waals surface area contributed by atoms with Gasteiger partial charge in [0.1, 0.15) is 22.9 Å². The molecule has 6 nitrogen and oxygen atoms in total. The number of furan rings is 1. The van der Waals surface area contributed by atoms with E-state index in [0.717, 1.165) is 5.56 Å². The Kier molecular flexibility index (Phi) is 5.95. The lowest BCUT2D eigenvalue weighted by Gasteiger charge is -2.11. The molecule has 0 aliphatic rings. The number of hydrogen-bond donors (Lipinski definition) is 2. The average Bonchev–Trinajstić information content (AvgIpc) is 2.96. The van der Waals surface area contributed by atoms with E-state index in [1.54, 1.807) is 32.2 Å². The molecule has 24 heavy (non-hydrogen) atoms. The van der Waals surface area contributed by atoms with Crippen molar-refractivity contribution in [1.82, 2.24) is 10.6 Å². The lowest BCUT2D eigenvalue weighted by atomic mass is 10.2. The zero-order chi connectivity index (χ0) is 17.5. The van der Waals surface area contributed by atoms with Gasteiger partial charge in [-0.15, -0.1) is 0 Å². The first-order valence-corrected chi connectivity index (χ1v) is 7.40. The van der Waals surface area contributed by atoms with E-state index in [0.29, 0.717) is 36.1 Å². The van der Waals surface area contributed by atoms with Crippen LogP contribution >= 0.6 is 0 Å². The van der Waals surface area contributed by atoms with Gasteiger partial charge in [0.05, 0.1) is 13.7 Å². The van der Waals surface area contributed by atoms with Crippen molar-refractivity contribution in [3.63, 3.8) is 0 Å². The molecule has 0 bridgehead atoms. The molecule has 128 valence electrons. The molecule has 0 amide bonds. The minimum atomic E-state index is -0.429. The third-order valence-corrected chi connectivity index (χ3v) is 3.40. The number of halogens is 1. The van der Waals surface area contributed by atoms with Gasteiger partial charge < -0.3 is 19.8 Å². The molecule has 0 saturated heterocycles. The Morgan fingerprint density at radius 3 is 2.54 bits per heavy atom. The van der Waals surface area contributed by atoms with E-state index >= 15 is 0 Å². The molecular formula is C17H20FN3O3. The standard InChI is InChI=1S/C17H20FN3O3/c1-11-15(16(22)23-3)8-14(24-11)10-21-17(19-2)20-9-12-4-6-13(18)7-5-12/h4-8H,9-10H2,1-3H3,(H2,19,20,21). The number of esters is 1. The van der Waals surface area contributed by atoms with Crippen LogP contribution in [0.3, 0.4) is 0 Å². The molecule has 0 atom stereocenters. The van der Waals surface area contributed by atoms with Crippen molar-refractivity contribution in [3.8, 4) is 0 Å². The minimum absolute atomic E-state index is 0.268. The van der Waals surface area contributed by atoms with E-state index in [9.17, 15) is 9.18 Å². The summed E-state index contributed by atoms with van der Waals surface area (Å²) in [7, 11) is 2.97. The van der Waals surface area contributed by atoms with Crippen LogP contribution < -0.4 is 10.6 Å². The molecule has 2 N–H and O–H groups in total. The summed E-state index contributed by atoms with van der Waals surface area (Å²) in [4.78, 5) is 15.7. The van der Waals surface area contributed by atoms with Crippen molar-refractivity contribution in [2.45, 2.75) is 20.0 Å². The van der Waals surface area contributed by atoms with Crippen molar-refractivity contribution in [3.05, 3.63) is 58.8 Å². The number of nitrogens with zero attached hydrogens (tertiary/aromatic N) is 1. The lowest BCUT2D eigenvalue weighted by Crippen LogP contribution is -2.36. The second-order valence-electron chi connectivity index (χ2n) is 5.08. The number of benzene rings is 1. The van der Waals surface area contributed by atoms with Crippen LogP contribution in [0.4, 0.5) is 4.39 Å². The van der Waals surface area contributed by atoms with Crippen LogP contribution in [0.5, 0.6) is 0 Å². The number of methoxy groups -OCH3 is 1. The highest BCUT2D eigenvalue weighted by Gasteiger charge is 2.15. The quantitative estimate of drug-likeness (QED) is 0.499. The summed E-state index contributed by atoms with van der Waals surface area (Å²) in [5.74, 6) is 0.968. The fraction of sp³-hybridized carbons (Fsp3) is 0.294. The van der Waals surface area contributed by atoms with E-state index in [4.69, 9.17) is 9.15 Å². The highest BCUT2D eigenvalue weighted by atomic mass is 19.1. The van der Waals surface area contributed by atoms with Crippen molar-refractivity contribution < 1.29 is 18.3 Å². The topological polar surface area (TPSA) is 75.9 Å². The molecule has 1 heterocycles. The van der Waals surface area contributed by atoms with Crippen molar-refractivity contribution in [2.24, 2.45) is 4.99 Å². The number of ether oxygens (including phenoxy) is 1. The zero-order valence-electron chi connectivity index (χ0n) is 13.9. The zero-order valence-corrected chi connectivity index (χ0v) is 13.9. The largest absolute Gasteiger partial charge is 0.465 e. The molecule has 0 aliphatic heterocycles. The molecule has 1 aromatic carbocycles. The van der Waals surface area contributed by atoms with Crippen LogP contribution in [0.1, 0.15) is 27.4 Å². The Morgan fingerprint density at radius 1 is 1.25 bits per heavy atom. The molecule has 0 aliphatic carbocycles. The molecule has 0 spiro atoms. The maximum Gasteiger partial charge on any atom is 0.341 e. The van der Waals surface area contributed by atoms with E-state index < -0.39 is 5.97 Å². The number of aliphatic imine (C=N–C) groups is 1. The van der Waals surface area contributed by atoms with Gasteiger partial charge in [-0.1, -0.05) is 12.1 Å². The summed E-state index contributed by atoms with van der Waals surface area (Å²) in [6, 6.07) is 7.87. The summed E-state index contributed by atoms with van der Waals surface area (Å²) in [6.45, 7) is 2.57. The molecule has 0 radical (unpaired) electrons. The molecule has 2 rings (SSSR count). The monoisotopic (exact) mass is 333 g/mol. The maximum absolute atomic E-state index is 12.9. The lowest BCUT2D eigenvalue weighted by molar-refractivity contribution is 0.0599. The Labute approximate surface area is 139 Å². The van der Waals surface area contributed by atoms with Gasteiger partial charge in [0, 0.05) is 13.6 Å². The van der Waals surface area contributed by atoms with Gasteiger partial charge in [0.25, 0.3) is 0 Å². The highest BCUT2D eigenvalue weighted by Crippen LogP contribution is 2.15. The second kappa shape index (κ2) is 8.14. The van der Waals surface area contributed by atoms with Crippen molar-refractivity contribution in [2.75, 3.05) is 14.2 Å². The summed E-state index contributed by atoms with van der Waals surface area (Å²) in [6.07, 6.45) is 0. The average molecular weight is 333 g/mol. The summed E-state index contributed by atoms with van der Waals surface area (Å²) in [5.41, 5.74) is 1.34. The number of carbonyl (C=O) groups is 1. The van der Waals surface area contributed by atoms with Crippen LogP contribution in [-0.2, 0) is 17.8 Å². The normalized spacial score (nSPS) is 11.2. The van der Waals surface area contributed by atoms with E-state index in [1.165, 1.54) is 19.2 Å². The first-order valence-electron chi connectivity index (χ1n) is 7.40. The molecule has 2 aromatic rings. The number of carbonyl (C=O) groups excluding carboxylic acids is 1. The first-order chi connectivity index (χ1) is 11.5. The van der Waals surface area contributed by atoms with Crippen LogP contribution in [0.15, 0.2) is 39.7 Å². The van der Waals surface area contributed by atoms with Crippen LogP contribution in [0.2, 0.25) is 0 Å². The highest BCUT2D eigenvalue weighted by molar-refractivity contribution is 5.90. The number of nitrogens with one attached hydrogen (secondary N) is 2. The van der Waals surface area contributed by atoms with Gasteiger partial charge in [-0.05, 0) is 30.7 Å². The van der Waals surface area contributed by atoms with Gasteiger partial charge >= 0.3 is 5.97 Å². The van der Waals surface area contributed by atoms with Gasteiger partial charge in [-0.2, -0.15) is 0 Å². The van der Waals surface area contributed by atoms with E-state index in [-0.39, 0.29) is 5.82 Å². The predicted octanol–water partition coefficient (Wildman–Crippen LogP) is 2.38. The van der Waals surface area contributed by atoms with Crippen molar-refractivity contribution in [1.29, 1.82) is 0 Å². The van der Waals surface area contributed by atoms with Crippen LogP contribution in [0.25, 0.3) is 0 Å². The van der Waals surface area contributed by atoms with Crippen LogP contribution in [0, 0.1) is 12.7 Å². The van der Waals surface area contributed by atoms with Gasteiger partial charge in [0.15, 0.2) is 5.96 Å². The fourth-order valence-electron chi connectivity index (χ4n) is 2.12.